The highest BCUT2D eigenvalue weighted by Gasteiger charge is 2.31. The number of alkyl halides is 3. The first-order chi connectivity index (χ1) is 12.7. The molecule has 0 atom stereocenters. The van der Waals surface area contributed by atoms with Crippen LogP contribution in [0.25, 0.3) is 16.9 Å². The lowest BCUT2D eigenvalue weighted by Crippen LogP contribution is -2.17. The number of pyridine rings is 1. The zero-order chi connectivity index (χ0) is 19.6. The second kappa shape index (κ2) is 7.27. The fraction of sp³-hybridized carbons (Fsp3) is 0.0625. The van der Waals surface area contributed by atoms with E-state index in [1.165, 1.54) is 29.2 Å². The van der Waals surface area contributed by atoms with E-state index in [9.17, 15) is 18.0 Å². The van der Waals surface area contributed by atoms with Gasteiger partial charge in [-0.15, -0.1) is 18.3 Å². The maximum atomic E-state index is 12.6. The van der Waals surface area contributed by atoms with Crippen molar-refractivity contribution in [3.8, 4) is 28.6 Å². The summed E-state index contributed by atoms with van der Waals surface area (Å²) in [5.41, 5.74) is 0.999. The molecule has 3 aromatic rings. The van der Waals surface area contributed by atoms with Crippen LogP contribution in [0, 0.1) is 0 Å². The lowest BCUT2D eigenvalue weighted by molar-refractivity contribution is -0.274. The van der Waals surface area contributed by atoms with Crippen molar-refractivity contribution in [2.24, 2.45) is 0 Å². The maximum absolute atomic E-state index is 12.6. The van der Waals surface area contributed by atoms with E-state index in [1.54, 1.807) is 12.1 Å². The van der Waals surface area contributed by atoms with Crippen molar-refractivity contribution >= 4 is 22.1 Å². The first-order valence-electron chi connectivity index (χ1n) is 7.19. The third-order valence-electron chi connectivity index (χ3n) is 3.17. The first kappa shape index (κ1) is 18.7. The smallest absolute Gasteiger partial charge is 0.449 e. The molecule has 0 aliphatic heterocycles. The number of ether oxygens (including phenoxy) is 2. The van der Waals surface area contributed by atoms with Gasteiger partial charge in [0.15, 0.2) is 0 Å². The topological polar surface area (TPSA) is 86.5 Å². The molecule has 0 radical (unpaired) electrons. The van der Waals surface area contributed by atoms with E-state index in [0.717, 1.165) is 12.1 Å². The van der Waals surface area contributed by atoms with Gasteiger partial charge in [0, 0.05) is 22.3 Å². The molecule has 0 amide bonds. The van der Waals surface area contributed by atoms with Crippen LogP contribution in [-0.4, -0.2) is 32.4 Å². The first-order valence-corrected chi connectivity index (χ1v) is 7.98. The Labute approximate surface area is 158 Å². The van der Waals surface area contributed by atoms with Crippen molar-refractivity contribution in [3.63, 3.8) is 0 Å². The molecule has 0 aliphatic carbocycles. The molecule has 0 spiro atoms. The van der Waals surface area contributed by atoms with E-state index >= 15 is 0 Å². The van der Waals surface area contributed by atoms with Gasteiger partial charge in [0.05, 0.1) is 17.6 Å². The van der Waals surface area contributed by atoms with Crippen molar-refractivity contribution < 1.29 is 32.5 Å². The fourth-order valence-corrected chi connectivity index (χ4v) is 2.76. The molecule has 0 saturated carbocycles. The number of aromatic nitrogens is 3. The molecule has 2 aromatic heterocycles. The van der Waals surface area contributed by atoms with Gasteiger partial charge in [0.25, 0.3) is 0 Å². The van der Waals surface area contributed by atoms with Crippen LogP contribution in [0.1, 0.15) is 0 Å². The molecule has 0 fully saturated rings. The van der Waals surface area contributed by atoms with Crippen LogP contribution in [0.2, 0.25) is 0 Å². The largest absolute Gasteiger partial charge is 0.573 e. The molecule has 11 heteroatoms. The zero-order valence-corrected chi connectivity index (χ0v) is 14.7. The minimum atomic E-state index is -4.86. The average molecular weight is 444 g/mol. The van der Waals surface area contributed by atoms with Gasteiger partial charge >= 0.3 is 12.5 Å². The average Bonchev–Trinajstić information content (AvgIpc) is 2.96. The minimum Gasteiger partial charge on any atom is -0.449 e. The third kappa shape index (κ3) is 4.76. The molecular weight excluding hydrogens is 435 g/mol. The Balaban J connectivity index is 2.12. The summed E-state index contributed by atoms with van der Waals surface area (Å²) >= 11 is 3.13. The summed E-state index contributed by atoms with van der Waals surface area (Å²) < 4.78 is 47.8. The predicted molar refractivity (Wildman–Crippen MR) is 89.8 cm³/mol. The van der Waals surface area contributed by atoms with Gasteiger partial charge in [0.1, 0.15) is 5.75 Å². The molecule has 140 valence electrons. The van der Waals surface area contributed by atoms with Crippen molar-refractivity contribution in [2.45, 2.75) is 6.36 Å². The summed E-state index contributed by atoms with van der Waals surface area (Å²) in [5, 5.41) is 12.8. The second-order valence-electron chi connectivity index (χ2n) is 5.08. The Kier molecular flexibility index (Phi) is 5.04. The highest BCUT2D eigenvalue weighted by Crippen LogP contribution is 2.34. The number of benzene rings is 1. The van der Waals surface area contributed by atoms with Crippen LogP contribution < -0.4 is 9.47 Å². The molecule has 3 rings (SSSR count). The molecule has 27 heavy (non-hydrogen) atoms. The lowest BCUT2D eigenvalue weighted by atomic mass is 10.1. The Morgan fingerprint density at radius 2 is 2.00 bits per heavy atom. The molecule has 1 aromatic carbocycles. The Morgan fingerprint density at radius 3 is 2.63 bits per heavy atom. The van der Waals surface area contributed by atoms with Crippen molar-refractivity contribution in [3.05, 3.63) is 53.3 Å². The van der Waals surface area contributed by atoms with Crippen LogP contribution in [0.4, 0.5) is 18.0 Å². The van der Waals surface area contributed by atoms with Gasteiger partial charge in [0.2, 0.25) is 5.88 Å². The molecule has 0 saturated heterocycles. The van der Waals surface area contributed by atoms with Crippen LogP contribution in [0.3, 0.4) is 0 Å². The van der Waals surface area contributed by atoms with Crippen LogP contribution in [0.5, 0.6) is 11.6 Å². The number of halogens is 4. The Morgan fingerprint density at radius 1 is 1.22 bits per heavy atom. The second-order valence-corrected chi connectivity index (χ2v) is 6.00. The number of hydrogen-bond donors (Lipinski definition) is 1. The highest BCUT2D eigenvalue weighted by molar-refractivity contribution is 9.10. The van der Waals surface area contributed by atoms with Crippen molar-refractivity contribution in [1.82, 2.24) is 14.8 Å². The Bertz CT molecular complexity index is 977. The molecule has 7 nitrogen and oxygen atoms in total. The lowest BCUT2D eigenvalue weighted by Gasteiger charge is -2.12. The van der Waals surface area contributed by atoms with Gasteiger partial charge in [-0.05, 0) is 30.3 Å². The van der Waals surface area contributed by atoms with Gasteiger partial charge in [-0.25, -0.2) is 9.48 Å². The monoisotopic (exact) mass is 443 g/mol. The number of carbonyl (C=O) groups is 1. The summed E-state index contributed by atoms with van der Waals surface area (Å²) in [6.07, 6.45) is -3.46. The summed E-state index contributed by atoms with van der Waals surface area (Å²) in [6.45, 7) is 0. The van der Waals surface area contributed by atoms with Crippen molar-refractivity contribution in [2.75, 3.05) is 0 Å². The van der Waals surface area contributed by atoms with E-state index in [1.807, 2.05) is 0 Å². The van der Waals surface area contributed by atoms with Gasteiger partial charge in [-0.3, -0.25) is 4.98 Å². The number of nitrogens with zero attached hydrogens (tertiary/aromatic N) is 3. The molecule has 0 aliphatic rings. The van der Waals surface area contributed by atoms with E-state index in [4.69, 9.17) is 5.11 Å². The molecule has 1 N–H and O–H groups in total. The standard InChI is InChI=1S/C16H9BrF3N3O4/c17-10-4-9(5-12(6-10)27-16(18,19)20)13-7-14(26-15(24)25)22-23(13)11-2-1-3-21-8-11/h1-8H,(H,24,25). The summed E-state index contributed by atoms with van der Waals surface area (Å²) in [4.78, 5) is 14.7. The Hall–Kier alpha value is -3.08. The number of carboxylic acid groups (broad SMARTS) is 1. The molecule has 2 heterocycles. The fourth-order valence-electron chi connectivity index (χ4n) is 2.28. The van der Waals surface area contributed by atoms with E-state index in [-0.39, 0.29) is 17.1 Å². The van der Waals surface area contributed by atoms with Crippen LogP contribution in [0.15, 0.2) is 53.3 Å². The normalized spacial score (nSPS) is 11.3. The van der Waals surface area contributed by atoms with Crippen molar-refractivity contribution in [1.29, 1.82) is 0 Å². The maximum Gasteiger partial charge on any atom is 0.573 e. The van der Waals surface area contributed by atoms with Crippen LogP contribution in [-0.2, 0) is 0 Å². The SMILES string of the molecule is O=C(O)Oc1cc(-c2cc(Br)cc(OC(F)(F)F)c2)n(-c2cccnc2)n1. The van der Waals surface area contributed by atoms with Gasteiger partial charge in [-0.2, -0.15) is 0 Å². The summed E-state index contributed by atoms with van der Waals surface area (Å²) in [5.74, 6) is -0.703. The summed E-state index contributed by atoms with van der Waals surface area (Å²) in [6, 6.07) is 8.36. The molecular formula is C16H9BrF3N3O4. The van der Waals surface area contributed by atoms with E-state index < -0.39 is 18.3 Å². The minimum absolute atomic E-state index is 0.250. The van der Waals surface area contributed by atoms with Gasteiger partial charge in [-0.1, -0.05) is 15.9 Å². The number of hydrogen-bond acceptors (Lipinski definition) is 5. The molecule has 0 bridgehead atoms. The van der Waals surface area contributed by atoms with Gasteiger partial charge < -0.3 is 14.6 Å². The third-order valence-corrected chi connectivity index (χ3v) is 3.63. The predicted octanol–water partition coefficient (Wildman–Crippen LogP) is 4.65. The highest BCUT2D eigenvalue weighted by atomic mass is 79.9. The van der Waals surface area contributed by atoms with Crippen LogP contribution >= 0.6 is 15.9 Å². The number of rotatable bonds is 4. The molecule has 0 unspecified atom stereocenters. The zero-order valence-electron chi connectivity index (χ0n) is 13.1. The summed E-state index contributed by atoms with van der Waals surface area (Å²) in [7, 11) is 0. The van der Waals surface area contributed by atoms with E-state index in [2.05, 4.69) is 35.5 Å². The quantitative estimate of drug-likeness (QED) is 0.590. The van der Waals surface area contributed by atoms with E-state index in [0.29, 0.717) is 10.2 Å².